The zero-order valence-corrected chi connectivity index (χ0v) is 18.0. The van der Waals surface area contributed by atoms with Crippen molar-refractivity contribution >= 4 is 0 Å². The molecule has 1 heterocycles. The van der Waals surface area contributed by atoms with E-state index in [1.807, 2.05) is 36.4 Å². The van der Waals surface area contributed by atoms with Crippen molar-refractivity contribution in [2.24, 2.45) is 0 Å². The molecule has 0 fully saturated rings. The number of hydrogen-bond donors (Lipinski definition) is 0. The van der Waals surface area contributed by atoms with E-state index in [1.54, 1.807) is 7.11 Å². The van der Waals surface area contributed by atoms with Gasteiger partial charge in [0.05, 0.1) is 24.2 Å². The van der Waals surface area contributed by atoms with E-state index in [1.165, 1.54) is 5.56 Å². The van der Waals surface area contributed by atoms with E-state index >= 15 is 0 Å². The lowest BCUT2D eigenvalue weighted by Gasteiger charge is -2.11. The second-order valence-electron chi connectivity index (χ2n) is 7.67. The minimum atomic E-state index is 0.758. The molecule has 0 bridgehead atoms. The summed E-state index contributed by atoms with van der Waals surface area (Å²) in [4.78, 5) is 0. The van der Waals surface area contributed by atoms with Gasteiger partial charge in [-0.3, -0.25) is 0 Å². The molecule has 5 aromatic rings. The number of benzene rings is 4. The van der Waals surface area contributed by atoms with Crippen molar-refractivity contribution in [3.8, 4) is 33.8 Å². The minimum Gasteiger partial charge on any atom is -0.497 e. The summed E-state index contributed by atoms with van der Waals surface area (Å²) >= 11 is 0. The van der Waals surface area contributed by atoms with E-state index in [4.69, 9.17) is 9.84 Å². The van der Waals surface area contributed by atoms with E-state index in [9.17, 15) is 0 Å². The molecule has 1 aromatic heterocycles. The van der Waals surface area contributed by atoms with Gasteiger partial charge in [-0.25, -0.2) is 4.68 Å². The first-order valence-corrected chi connectivity index (χ1v) is 10.7. The lowest BCUT2D eigenvalue weighted by Crippen LogP contribution is -2.00. The van der Waals surface area contributed by atoms with Crippen molar-refractivity contribution in [3.63, 3.8) is 0 Å². The van der Waals surface area contributed by atoms with Crippen molar-refractivity contribution in [2.75, 3.05) is 7.11 Å². The van der Waals surface area contributed by atoms with Crippen LogP contribution in [0.15, 0.2) is 115 Å². The monoisotopic (exact) mass is 416 g/mol. The summed E-state index contributed by atoms with van der Waals surface area (Å²) in [7, 11) is 1.69. The predicted molar refractivity (Wildman–Crippen MR) is 130 cm³/mol. The summed E-state index contributed by atoms with van der Waals surface area (Å²) in [5, 5.41) is 5.16. The highest BCUT2D eigenvalue weighted by atomic mass is 16.5. The quantitative estimate of drug-likeness (QED) is 0.304. The molecular formula is C29H24N2O. The Morgan fingerprint density at radius 1 is 0.656 bits per heavy atom. The fourth-order valence-corrected chi connectivity index (χ4v) is 4.06. The van der Waals surface area contributed by atoms with Crippen molar-refractivity contribution in [2.45, 2.75) is 6.42 Å². The standard InChI is InChI=1S/C29H24N2O/c1-32-26-19-17-24(18-20-26)29-28(23-13-7-3-8-14-23)27(21-22-11-5-2-6-12-22)30-31(29)25-15-9-4-10-16-25/h2-20H,21H2,1H3. The van der Waals surface area contributed by atoms with Crippen LogP contribution in [0.25, 0.3) is 28.1 Å². The molecule has 0 N–H and O–H groups in total. The second-order valence-corrected chi connectivity index (χ2v) is 7.67. The van der Waals surface area contributed by atoms with Crippen LogP contribution in [0.1, 0.15) is 11.3 Å². The third-order valence-corrected chi connectivity index (χ3v) is 5.60. The SMILES string of the molecule is COc1ccc(-c2c(-c3ccccc3)c(Cc3ccccc3)nn2-c2ccccc2)cc1. The highest BCUT2D eigenvalue weighted by Crippen LogP contribution is 2.38. The van der Waals surface area contributed by atoms with Gasteiger partial charge in [-0.15, -0.1) is 0 Å². The summed E-state index contributed by atoms with van der Waals surface area (Å²) in [5.41, 5.74) is 7.82. The molecule has 156 valence electrons. The van der Waals surface area contributed by atoms with Crippen LogP contribution in [0.4, 0.5) is 0 Å². The number of hydrogen-bond acceptors (Lipinski definition) is 2. The number of nitrogens with zero attached hydrogens (tertiary/aromatic N) is 2. The largest absolute Gasteiger partial charge is 0.497 e. The van der Waals surface area contributed by atoms with Gasteiger partial charge in [-0.05, 0) is 47.5 Å². The fraction of sp³-hybridized carbons (Fsp3) is 0.0690. The Bertz CT molecular complexity index is 1290. The zero-order chi connectivity index (χ0) is 21.8. The van der Waals surface area contributed by atoms with E-state index in [-0.39, 0.29) is 0 Å². The Hall–Kier alpha value is -4.11. The molecule has 3 heteroatoms. The van der Waals surface area contributed by atoms with E-state index in [0.717, 1.165) is 45.9 Å². The van der Waals surface area contributed by atoms with Crippen LogP contribution in [0.2, 0.25) is 0 Å². The van der Waals surface area contributed by atoms with Crippen LogP contribution in [0, 0.1) is 0 Å². The lowest BCUT2D eigenvalue weighted by atomic mass is 9.96. The molecular weight excluding hydrogens is 392 g/mol. The fourth-order valence-electron chi connectivity index (χ4n) is 4.06. The van der Waals surface area contributed by atoms with Crippen molar-refractivity contribution in [3.05, 3.63) is 127 Å². The zero-order valence-electron chi connectivity index (χ0n) is 18.0. The Morgan fingerprint density at radius 3 is 1.88 bits per heavy atom. The van der Waals surface area contributed by atoms with Crippen LogP contribution >= 0.6 is 0 Å². The third-order valence-electron chi connectivity index (χ3n) is 5.60. The van der Waals surface area contributed by atoms with Crippen LogP contribution in [0.3, 0.4) is 0 Å². The summed E-state index contributed by atoms with van der Waals surface area (Å²) in [6, 6.07) is 39.6. The number of aromatic nitrogens is 2. The number of methoxy groups -OCH3 is 1. The minimum absolute atomic E-state index is 0.758. The number of para-hydroxylation sites is 1. The molecule has 4 aromatic carbocycles. The Labute approximate surface area is 188 Å². The first-order chi connectivity index (χ1) is 15.8. The highest BCUT2D eigenvalue weighted by Gasteiger charge is 2.22. The maximum absolute atomic E-state index is 5.40. The van der Waals surface area contributed by atoms with Gasteiger partial charge in [0.2, 0.25) is 0 Å². The van der Waals surface area contributed by atoms with Gasteiger partial charge in [0, 0.05) is 17.5 Å². The van der Waals surface area contributed by atoms with Gasteiger partial charge in [0.15, 0.2) is 0 Å². The topological polar surface area (TPSA) is 27.1 Å². The summed E-state index contributed by atoms with van der Waals surface area (Å²) in [5.74, 6) is 0.838. The molecule has 0 radical (unpaired) electrons. The molecule has 3 nitrogen and oxygen atoms in total. The summed E-state index contributed by atoms with van der Waals surface area (Å²) < 4.78 is 7.47. The van der Waals surface area contributed by atoms with Gasteiger partial charge >= 0.3 is 0 Å². The number of rotatable bonds is 6. The van der Waals surface area contributed by atoms with Gasteiger partial charge in [-0.1, -0.05) is 78.9 Å². The Kier molecular flexibility index (Phi) is 5.54. The predicted octanol–water partition coefficient (Wildman–Crippen LogP) is 6.81. The summed E-state index contributed by atoms with van der Waals surface area (Å²) in [6.07, 6.45) is 0.758. The molecule has 0 aliphatic carbocycles. The Balaban J connectivity index is 1.78. The molecule has 0 atom stereocenters. The first-order valence-electron chi connectivity index (χ1n) is 10.7. The van der Waals surface area contributed by atoms with Gasteiger partial charge in [-0.2, -0.15) is 5.10 Å². The smallest absolute Gasteiger partial charge is 0.118 e. The van der Waals surface area contributed by atoms with Crippen molar-refractivity contribution in [1.29, 1.82) is 0 Å². The normalized spacial score (nSPS) is 10.8. The molecule has 0 aliphatic rings. The van der Waals surface area contributed by atoms with Crippen molar-refractivity contribution in [1.82, 2.24) is 9.78 Å². The van der Waals surface area contributed by atoms with Crippen LogP contribution in [-0.2, 0) is 6.42 Å². The van der Waals surface area contributed by atoms with Crippen LogP contribution in [0.5, 0.6) is 5.75 Å². The molecule has 0 saturated carbocycles. The van der Waals surface area contributed by atoms with Crippen LogP contribution < -0.4 is 4.74 Å². The maximum atomic E-state index is 5.40. The number of ether oxygens (including phenoxy) is 1. The van der Waals surface area contributed by atoms with Crippen molar-refractivity contribution < 1.29 is 4.74 Å². The molecule has 0 saturated heterocycles. The average Bonchev–Trinajstić information content (AvgIpc) is 3.25. The molecule has 5 rings (SSSR count). The molecule has 0 spiro atoms. The molecule has 0 aliphatic heterocycles. The van der Waals surface area contributed by atoms with E-state index in [0.29, 0.717) is 0 Å². The van der Waals surface area contributed by atoms with E-state index in [2.05, 4.69) is 83.5 Å². The summed E-state index contributed by atoms with van der Waals surface area (Å²) in [6.45, 7) is 0. The van der Waals surface area contributed by atoms with Gasteiger partial charge in [0.1, 0.15) is 5.75 Å². The molecule has 0 amide bonds. The Morgan fingerprint density at radius 2 is 1.25 bits per heavy atom. The maximum Gasteiger partial charge on any atom is 0.118 e. The van der Waals surface area contributed by atoms with Crippen LogP contribution in [-0.4, -0.2) is 16.9 Å². The molecule has 0 unspecified atom stereocenters. The van der Waals surface area contributed by atoms with Gasteiger partial charge in [0.25, 0.3) is 0 Å². The second kappa shape index (κ2) is 8.94. The first kappa shape index (κ1) is 19.8. The highest BCUT2D eigenvalue weighted by molar-refractivity contribution is 5.84. The third kappa shape index (κ3) is 3.93. The lowest BCUT2D eigenvalue weighted by molar-refractivity contribution is 0.415. The van der Waals surface area contributed by atoms with E-state index < -0.39 is 0 Å². The van der Waals surface area contributed by atoms with Gasteiger partial charge < -0.3 is 4.74 Å². The molecule has 32 heavy (non-hydrogen) atoms. The average molecular weight is 417 g/mol.